The fourth-order valence-corrected chi connectivity index (χ4v) is 1.75. The number of anilines is 1. The van der Waals surface area contributed by atoms with E-state index in [9.17, 15) is 4.79 Å². The second-order valence-corrected chi connectivity index (χ2v) is 4.68. The number of rotatable bonds is 5. The molecule has 0 aliphatic heterocycles. The summed E-state index contributed by atoms with van der Waals surface area (Å²) in [6.07, 6.45) is 3.09. The van der Waals surface area contributed by atoms with Crippen molar-refractivity contribution in [2.75, 3.05) is 19.5 Å². The minimum atomic E-state index is -0.514. The summed E-state index contributed by atoms with van der Waals surface area (Å²) in [7, 11) is 2.89. The molecule has 2 rings (SSSR count). The Bertz CT molecular complexity index is 653. The number of nitrogens with zero attached hydrogens (tertiary/aromatic N) is 4. The maximum atomic E-state index is 12.3. The number of methoxy groups -OCH3 is 2. The number of nitrogens with one attached hydrogen (secondary N) is 1. The minimum Gasteiger partial charge on any atom is -0.481 e. The van der Waals surface area contributed by atoms with Crippen molar-refractivity contribution in [3.8, 4) is 11.8 Å². The van der Waals surface area contributed by atoms with Gasteiger partial charge in [-0.3, -0.25) is 9.78 Å². The largest absolute Gasteiger partial charge is 0.481 e. The lowest BCUT2D eigenvalue weighted by Crippen LogP contribution is -2.19. The maximum Gasteiger partial charge on any atom is 0.294 e. The lowest BCUT2D eigenvalue weighted by Gasteiger charge is -2.11. The first kappa shape index (κ1) is 15.6. The molecule has 0 atom stereocenters. The van der Waals surface area contributed by atoms with Gasteiger partial charge in [-0.05, 0) is 5.92 Å². The predicted octanol–water partition coefficient (Wildman–Crippen LogP) is 1.66. The molecule has 1 N–H and O–H groups in total. The third-order valence-corrected chi connectivity index (χ3v) is 2.81. The number of amides is 1. The van der Waals surface area contributed by atoms with Crippen LogP contribution in [0.15, 0.2) is 18.5 Å². The van der Waals surface area contributed by atoms with Gasteiger partial charge in [0.05, 0.1) is 26.0 Å². The van der Waals surface area contributed by atoms with Crippen LogP contribution < -0.4 is 14.8 Å². The Balaban J connectivity index is 2.30. The fraction of sp³-hybridized carbons (Fsp3) is 0.357. The van der Waals surface area contributed by atoms with Gasteiger partial charge in [-0.1, -0.05) is 13.8 Å². The van der Waals surface area contributed by atoms with Gasteiger partial charge >= 0.3 is 0 Å². The van der Waals surface area contributed by atoms with Gasteiger partial charge in [-0.2, -0.15) is 9.97 Å². The van der Waals surface area contributed by atoms with Crippen molar-refractivity contribution in [3.63, 3.8) is 0 Å². The quantitative estimate of drug-likeness (QED) is 0.896. The summed E-state index contributed by atoms with van der Waals surface area (Å²) in [5.74, 6) is 0.384. The van der Waals surface area contributed by atoms with Gasteiger partial charge in [0, 0.05) is 12.4 Å². The highest BCUT2D eigenvalue weighted by Crippen LogP contribution is 2.20. The molecule has 8 heteroatoms. The van der Waals surface area contributed by atoms with Crippen LogP contribution >= 0.6 is 0 Å². The van der Waals surface area contributed by atoms with Crippen LogP contribution in [0.1, 0.15) is 36.1 Å². The summed E-state index contributed by atoms with van der Waals surface area (Å²) in [6.45, 7) is 3.93. The standard InChI is InChI=1S/C14H17N5O3/c1-8(2)11-12(16-6-5-15-11)19-14(20)13-17-9(21-3)7-10(18-13)22-4/h5-8H,1-4H3,(H,16,19,20). The van der Waals surface area contributed by atoms with Gasteiger partial charge in [-0.25, -0.2) is 4.98 Å². The van der Waals surface area contributed by atoms with E-state index in [4.69, 9.17) is 9.47 Å². The summed E-state index contributed by atoms with van der Waals surface area (Å²) >= 11 is 0. The third kappa shape index (κ3) is 3.46. The second-order valence-electron chi connectivity index (χ2n) is 4.68. The van der Waals surface area contributed by atoms with Crippen molar-refractivity contribution >= 4 is 11.7 Å². The molecule has 116 valence electrons. The van der Waals surface area contributed by atoms with Gasteiger partial charge in [0.25, 0.3) is 5.91 Å². The van der Waals surface area contributed by atoms with Crippen LogP contribution in [-0.2, 0) is 0 Å². The third-order valence-electron chi connectivity index (χ3n) is 2.81. The lowest BCUT2D eigenvalue weighted by atomic mass is 10.1. The van der Waals surface area contributed by atoms with E-state index < -0.39 is 5.91 Å². The molecule has 0 bridgehead atoms. The van der Waals surface area contributed by atoms with Crippen molar-refractivity contribution in [2.45, 2.75) is 19.8 Å². The summed E-state index contributed by atoms with van der Waals surface area (Å²) in [5, 5.41) is 2.66. The van der Waals surface area contributed by atoms with E-state index in [1.807, 2.05) is 13.8 Å². The van der Waals surface area contributed by atoms with Crippen LogP contribution in [0.4, 0.5) is 5.82 Å². The number of carbonyl (C=O) groups is 1. The Labute approximate surface area is 127 Å². The first-order valence-electron chi connectivity index (χ1n) is 6.64. The van der Waals surface area contributed by atoms with Crippen LogP contribution in [0.3, 0.4) is 0 Å². The van der Waals surface area contributed by atoms with E-state index in [1.54, 1.807) is 6.20 Å². The van der Waals surface area contributed by atoms with Gasteiger partial charge in [0.2, 0.25) is 17.6 Å². The summed E-state index contributed by atoms with van der Waals surface area (Å²) in [5.41, 5.74) is 0.686. The Morgan fingerprint density at radius 2 is 1.68 bits per heavy atom. The predicted molar refractivity (Wildman–Crippen MR) is 79.2 cm³/mol. The monoisotopic (exact) mass is 303 g/mol. The molecule has 0 saturated heterocycles. The maximum absolute atomic E-state index is 12.3. The lowest BCUT2D eigenvalue weighted by molar-refractivity contribution is 0.101. The first-order chi connectivity index (χ1) is 10.5. The highest BCUT2D eigenvalue weighted by molar-refractivity contribution is 6.01. The molecule has 0 unspecified atom stereocenters. The molecule has 2 heterocycles. The molecule has 1 amide bonds. The Morgan fingerprint density at radius 3 is 2.23 bits per heavy atom. The number of ether oxygens (including phenoxy) is 2. The van der Waals surface area contributed by atoms with Gasteiger partial charge in [0.15, 0.2) is 5.82 Å². The second kappa shape index (κ2) is 6.79. The van der Waals surface area contributed by atoms with Crippen LogP contribution in [-0.4, -0.2) is 40.1 Å². The van der Waals surface area contributed by atoms with Gasteiger partial charge in [-0.15, -0.1) is 0 Å². The number of hydrogen-bond donors (Lipinski definition) is 1. The number of hydrogen-bond acceptors (Lipinski definition) is 7. The molecule has 0 aromatic carbocycles. The summed E-state index contributed by atoms with van der Waals surface area (Å²) in [6, 6.07) is 1.48. The molecule has 22 heavy (non-hydrogen) atoms. The van der Waals surface area contributed by atoms with E-state index in [0.29, 0.717) is 11.5 Å². The molecule has 2 aromatic heterocycles. The van der Waals surface area contributed by atoms with E-state index in [2.05, 4.69) is 25.3 Å². The Morgan fingerprint density at radius 1 is 1.09 bits per heavy atom. The molecular formula is C14H17N5O3. The topological polar surface area (TPSA) is 99.1 Å². The van der Waals surface area contributed by atoms with E-state index in [0.717, 1.165) is 0 Å². The van der Waals surface area contributed by atoms with Crippen LogP contribution in [0.5, 0.6) is 11.8 Å². The Kier molecular flexibility index (Phi) is 4.82. The van der Waals surface area contributed by atoms with E-state index >= 15 is 0 Å². The highest BCUT2D eigenvalue weighted by atomic mass is 16.5. The smallest absolute Gasteiger partial charge is 0.294 e. The molecule has 8 nitrogen and oxygen atoms in total. The number of aromatic nitrogens is 4. The molecule has 0 spiro atoms. The molecule has 0 aliphatic rings. The first-order valence-corrected chi connectivity index (χ1v) is 6.64. The van der Waals surface area contributed by atoms with Crippen molar-refractivity contribution in [2.24, 2.45) is 0 Å². The summed E-state index contributed by atoms with van der Waals surface area (Å²) < 4.78 is 10.0. The molecule has 2 aromatic rings. The van der Waals surface area contributed by atoms with Crippen molar-refractivity contribution in [3.05, 3.63) is 30.0 Å². The van der Waals surface area contributed by atoms with Crippen molar-refractivity contribution in [1.82, 2.24) is 19.9 Å². The SMILES string of the molecule is COc1cc(OC)nc(C(=O)Nc2nccnc2C(C)C)n1. The average molecular weight is 303 g/mol. The zero-order valence-electron chi connectivity index (χ0n) is 12.8. The van der Waals surface area contributed by atoms with Crippen LogP contribution in [0, 0.1) is 0 Å². The highest BCUT2D eigenvalue weighted by Gasteiger charge is 2.17. The van der Waals surface area contributed by atoms with Crippen molar-refractivity contribution < 1.29 is 14.3 Å². The normalized spacial score (nSPS) is 10.4. The van der Waals surface area contributed by atoms with Gasteiger partial charge in [0.1, 0.15) is 0 Å². The van der Waals surface area contributed by atoms with E-state index in [1.165, 1.54) is 26.5 Å². The molecule has 0 aliphatic carbocycles. The fourth-order valence-electron chi connectivity index (χ4n) is 1.75. The van der Waals surface area contributed by atoms with E-state index in [-0.39, 0.29) is 23.5 Å². The average Bonchev–Trinajstić information content (AvgIpc) is 2.54. The molecule has 0 fully saturated rings. The van der Waals surface area contributed by atoms with Crippen molar-refractivity contribution in [1.29, 1.82) is 0 Å². The van der Waals surface area contributed by atoms with Crippen LogP contribution in [0.25, 0.3) is 0 Å². The minimum absolute atomic E-state index is 0.0726. The number of carbonyl (C=O) groups excluding carboxylic acids is 1. The zero-order valence-corrected chi connectivity index (χ0v) is 12.8. The molecule has 0 radical (unpaired) electrons. The Hall–Kier alpha value is -2.77. The van der Waals surface area contributed by atoms with Crippen LogP contribution in [0.2, 0.25) is 0 Å². The zero-order chi connectivity index (χ0) is 16.1. The summed E-state index contributed by atoms with van der Waals surface area (Å²) in [4.78, 5) is 28.7. The molecule has 0 saturated carbocycles. The van der Waals surface area contributed by atoms with Gasteiger partial charge < -0.3 is 14.8 Å². The molecular weight excluding hydrogens is 286 g/mol.